The van der Waals surface area contributed by atoms with Gasteiger partial charge in [-0.1, -0.05) is 12.1 Å². The van der Waals surface area contributed by atoms with Crippen LogP contribution >= 0.6 is 0 Å². The first kappa shape index (κ1) is 14.2. The number of halogens is 3. The van der Waals surface area contributed by atoms with Crippen LogP contribution in [0, 0.1) is 0 Å². The van der Waals surface area contributed by atoms with E-state index in [1.165, 1.54) is 22.7 Å². The number of nitrogens with two attached hydrogens (primary N) is 1. The number of ether oxygens (including phenoxy) is 1. The van der Waals surface area contributed by atoms with Gasteiger partial charge in [0.05, 0.1) is 11.3 Å². The molecule has 0 fully saturated rings. The van der Waals surface area contributed by atoms with E-state index in [9.17, 15) is 13.2 Å². The zero-order valence-electron chi connectivity index (χ0n) is 11.2. The van der Waals surface area contributed by atoms with Gasteiger partial charge in [0, 0.05) is 6.20 Å². The molecule has 2 N–H and O–H groups in total. The van der Waals surface area contributed by atoms with Gasteiger partial charge < -0.3 is 10.5 Å². The average Bonchev–Trinajstić information content (AvgIpc) is 2.89. The summed E-state index contributed by atoms with van der Waals surface area (Å²) in [7, 11) is 0. The molecule has 2 aromatic heterocycles. The molecule has 0 spiro atoms. The number of hydrogen-bond donors (Lipinski definition) is 1. The van der Waals surface area contributed by atoms with E-state index in [1.54, 1.807) is 18.3 Å². The fourth-order valence-corrected chi connectivity index (χ4v) is 2.00. The molecule has 22 heavy (non-hydrogen) atoms. The largest absolute Gasteiger partial charge is 0.485 e. The van der Waals surface area contributed by atoms with E-state index in [1.807, 2.05) is 0 Å². The van der Waals surface area contributed by atoms with Crippen molar-refractivity contribution in [3.63, 3.8) is 0 Å². The summed E-state index contributed by atoms with van der Waals surface area (Å²) in [6.07, 6.45) is -2.83. The fourth-order valence-electron chi connectivity index (χ4n) is 2.00. The maximum atomic E-state index is 12.9. The van der Waals surface area contributed by atoms with Gasteiger partial charge in [-0.3, -0.25) is 0 Å². The zero-order valence-corrected chi connectivity index (χ0v) is 11.2. The molecular formula is C14H11F3N4O. The van der Waals surface area contributed by atoms with Crippen molar-refractivity contribution in [1.29, 1.82) is 0 Å². The number of rotatable bonds is 3. The monoisotopic (exact) mass is 308 g/mol. The standard InChI is InChI=1S/C14H11F3N4O/c15-14(16,17)9-4-1-2-6-11(9)22-8-12-19-13-10(18)5-3-7-21(13)20-12/h1-7H,8,18H2. The van der Waals surface area contributed by atoms with Crippen molar-refractivity contribution in [3.8, 4) is 5.75 Å². The van der Waals surface area contributed by atoms with Crippen molar-refractivity contribution < 1.29 is 17.9 Å². The molecule has 0 atom stereocenters. The highest BCUT2D eigenvalue weighted by Crippen LogP contribution is 2.36. The highest BCUT2D eigenvalue weighted by Gasteiger charge is 2.34. The van der Waals surface area contributed by atoms with Gasteiger partial charge in [0.2, 0.25) is 0 Å². The molecule has 0 unspecified atom stereocenters. The van der Waals surface area contributed by atoms with Crippen molar-refractivity contribution in [2.24, 2.45) is 0 Å². The van der Waals surface area contributed by atoms with E-state index >= 15 is 0 Å². The quantitative estimate of drug-likeness (QED) is 0.808. The zero-order chi connectivity index (χ0) is 15.7. The van der Waals surface area contributed by atoms with Crippen molar-refractivity contribution >= 4 is 11.3 Å². The van der Waals surface area contributed by atoms with Crippen LogP contribution in [0.5, 0.6) is 5.75 Å². The summed E-state index contributed by atoms with van der Waals surface area (Å²) in [6, 6.07) is 8.35. The van der Waals surface area contributed by atoms with E-state index in [4.69, 9.17) is 10.5 Å². The van der Waals surface area contributed by atoms with Gasteiger partial charge in [-0.2, -0.15) is 13.2 Å². The highest BCUT2D eigenvalue weighted by atomic mass is 19.4. The van der Waals surface area contributed by atoms with E-state index in [0.29, 0.717) is 11.3 Å². The molecule has 0 amide bonds. The summed E-state index contributed by atoms with van der Waals surface area (Å²) in [6.45, 7) is -0.186. The number of benzene rings is 1. The average molecular weight is 308 g/mol. The summed E-state index contributed by atoms with van der Waals surface area (Å²) < 4.78 is 45.3. The van der Waals surface area contributed by atoms with E-state index in [2.05, 4.69) is 10.1 Å². The number of fused-ring (bicyclic) bond motifs is 1. The third-order valence-electron chi connectivity index (χ3n) is 2.99. The van der Waals surface area contributed by atoms with Crippen LogP contribution in [-0.4, -0.2) is 14.6 Å². The van der Waals surface area contributed by atoms with Gasteiger partial charge in [0.1, 0.15) is 12.4 Å². The number of nitrogen functional groups attached to an aromatic ring is 1. The molecule has 3 aromatic rings. The summed E-state index contributed by atoms with van der Waals surface area (Å²) in [5.41, 5.74) is 5.77. The number of para-hydroxylation sites is 1. The first-order chi connectivity index (χ1) is 10.4. The highest BCUT2D eigenvalue weighted by molar-refractivity contribution is 5.63. The van der Waals surface area contributed by atoms with Gasteiger partial charge in [-0.15, -0.1) is 5.10 Å². The second-order valence-corrected chi connectivity index (χ2v) is 4.54. The van der Waals surface area contributed by atoms with Gasteiger partial charge in [0.25, 0.3) is 0 Å². The minimum atomic E-state index is -4.48. The minimum Gasteiger partial charge on any atom is -0.485 e. The van der Waals surface area contributed by atoms with Crippen LogP contribution in [0.4, 0.5) is 18.9 Å². The number of hydrogen-bond acceptors (Lipinski definition) is 4. The molecule has 8 heteroatoms. The van der Waals surface area contributed by atoms with E-state index < -0.39 is 11.7 Å². The molecule has 0 radical (unpaired) electrons. The molecule has 114 valence electrons. The van der Waals surface area contributed by atoms with Gasteiger partial charge in [-0.05, 0) is 24.3 Å². The summed E-state index contributed by atoms with van der Waals surface area (Å²) >= 11 is 0. The Hall–Kier alpha value is -2.77. The molecule has 0 saturated carbocycles. The van der Waals surface area contributed by atoms with Gasteiger partial charge >= 0.3 is 6.18 Å². The van der Waals surface area contributed by atoms with Crippen molar-refractivity contribution in [2.75, 3.05) is 5.73 Å². The van der Waals surface area contributed by atoms with Crippen LogP contribution in [0.3, 0.4) is 0 Å². The van der Waals surface area contributed by atoms with E-state index in [0.717, 1.165) is 6.07 Å². The first-order valence-electron chi connectivity index (χ1n) is 6.34. The summed E-state index contributed by atoms with van der Waals surface area (Å²) in [5, 5.41) is 4.10. The molecule has 5 nitrogen and oxygen atoms in total. The third kappa shape index (κ3) is 2.67. The molecule has 3 rings (SSSR count). The van der Waals surface area contributed by atoms with Crippen LogP contribution in [0.2, 0.25) is 0 Å². The summed E-state index contributed by atoms with van der Waals surface area (Å²) in [4.78, 5) is 4.14. The van der Waals surface area contributed by atoms with Crippen LogP contribution in [0.15, 0.2) is 42.6 Å². The predicted octanol–water partition coefficient (Wildman–Crippen LogP) is 2.91. The SMILES string of the molecule is Nc1cccn2nc(COc3ccccc3C(F)(F)F)nc12. The fraction of sp³-hybridized carbons (Fsp3) is 0.143. The number of nitrogens with zero attached hydrogens (tertiary/aromatic N) is 3. The first-order valence-corrected chi connectivity index (χ1v) is 6.34. The van der Waals surface area contributed by atoms with Crippen LogP contribution < -0.4 is 10.5 Å². The lowest BCUT2D eigenvalue weighted by molar-refractivity contribution is -0.139. The maximum Gasteiger partial charge on any atom is 0.419 e. The van der Waals surface area contributed by atoms with Gasteiger partial charge in [0.15, 0.2) is 11.5 Å². The number of aromatic nitrogens is 3. The molecular weight excluding hydrogens is 297 g/mol. The molecule has 0 aliphatic rings. The number of alkyl halides is 3. The third-order valence-corrected chi connectivity index (χ3v) is 2.99. The van der Waals surface area contributed by atoms with E-state index in [-0.39, 0.29) is 18.2 Å². The Morgan fingerprint density at radius 1 is 1.14 bits per heavy atom. The van der Waals surface area contributed by atoms with Crippen molar-refractivity contribution in [1.82, 2.24) is 14.6 Å². The lowest BCUT2D eigenvalue weighted by Crippen LogP contribution is -2.09. The Labute approximate surface area is 123 Å². The Kier molecular flexibility index (Phi) is 3.36. The lowest BCUT2D eigenvalue weighted by atomic mass is 10.2. The lowest BCUT2D eigenvalue weighted by Gasteiger charge is -2.12. The molecule has 1 aromatic carbocycles. The second-order valence-electron chi connectivity index (χ2n) is 4.54. The minimum absolute atomic E-state index is 0.186. The van der Waals surface area contributed by atoms with Crippen LogP contribution in [0.25, 0.3) is 5.65 Å². The smallest absolute Gasteiger partial charge is 0.419 e. The van der Waals surface area contributed by atoms with Crippen molar-refractivity contribution in [3.05, 3.63) is 54.0 Å². The number of anilines is 1. The molecule has 0 saturated heterocycles. The van der Waals surface area contributed by atoms with Gasteiger partial charge in [-0.25, -0.2) is 9.50 Å². The maximum absolute atomic E-state index is 12.9. The summed E-state index contributed by atoms with van der Waals surface area (Å²) in [5.74, 6) is -0.0169. The second kappa shape index (κ2) is 5.21. The molecule has 0 aliphatic carbocycles. The topological polar surface area (TPSA) is 65.4 Å². The van der Waals surface area contributed by atoms with Crippen molar-refractivity contribution in [2.45, 2.75) is 12.8 Å². The van der Waals surface area contributed by atoms with Crippen LogP contribution in [0.1, 0.15) is 11.4 Å². The molecule has 2 heterocycles. The Morgan fingerprint density at radius 2 is 1.91 bits per heavy atom. The van der Waals surface area contributed by atoms with Crippen LogP contribution in [-0.2, 0) is 12.8 Å². The predicted molar refractivity (Wildman–Crippen MR) is 73.2 cm³/mol. The Morgan fingerprint density at radius 3 is 2.64 bits per heavy atom. The molecule has 0 bridgehead atoms. The normalized spacial score (nSPS) is 11.8. The molecule has 0 aliphatic heterocycles. The Balaban J connectivity index is 1.84. The Bertz CT molecular complexity index is 813. The number of pyridine rings is 1.